The Morgan fingerprint density at radius 1 is 0.415 bits per heavy atom. The van der Waals surface area contributed by atoms with Crippen molar-refractivity contribution in [1.29, 1.82) is 0 Å². The molecule has 4 unspecified atom stereocenters. The summed E-state index contributed by atoms with van der Waals surface area (Å²) in [7, 11) is 1.00. The first-order valence-electron chi connectivity index (χ1n) is 28.6. The van der Waals surface area contributed by atoms with Crippen LogP contribution in [-0.4, -0.2) is 263 Å². The quantitative estimate of drug-likeness (QED) is 0.0294. The van der Waals surface area contributed by atoms with E-state index in [-0.39, 0.29) is 142 Å². The third-order valence-electron chi connectivity index (χ3n) is 11.6. The molecule has 6 amide bonds. The molecule has 0 bridgehead atoms. The van der Waals surface area contributed by atoms with Gasteiger partial charge in [-0.1, -0.05) is 20.3 Å². The van der Waals surface area contributed by atoms with Gasteiger partial charge in [0.2, 0.25) is 35.4 Å². The molecule has 29 heteroatoms. The fourth-order valence-electron chi connectivity index (χ4n) is 6.84. The number of carbonyl (C=O) groups is 6. The summed E-state index contributed by atoms with van der Waals surface area (Å²) in [6.07, 6.45) is 4.19. The van der Waals surface area contributed by atoms with Gasteiger partial charge in [-0.3, -0.25) is 33.3 Å². The molecule has 82 heavy (non-hydrogen) atoms. The lowest BCUT2D eigenvalue weighted by Gasteiger charge is -2.23. The standard InChI is InChI=1S/C53H103N6O22P/c1-44(2)82(67,68)81-40-45(39-60)13-6-9-17-54-48(61)16-12-20-57-52(65)46(14-7-10-18-55-49(62)41-78-36-33-75-30-27-72-24-21-69-3)59-53(66)47(58-51(64)43-80-38-35-77-32-29-74-26-23-71-5)15-8-11-19-56-50(63)42-79-37-34-76-31-28-73-25-22-70-4/h44-47,60H,6-43H2,1-5H3,(H,54,61)(H,55,62)(H,56,63)(H,57,65)(H,58,64)(H,59,66)(H,67,68). The maximum atomic E-state index is 14.0. The third kappa shape index (κ3) is 49.8. The lowest BCUT2D eigenvalue weighted by atomic mass is 10.0. The molecule has 0 saturated heterocycles. The highest BCUT2D eigenvalue weighted by atomic mass is 31.2. The van der Waals surface area contributed by atoms with Crippen molar-refractivity contribution in [3.8, 4) is 0 Å². The van der Waals surface area contributed by atoms with Crippen LogP contribution >= 0.6 is 7.60 Å². The number of hydrogen-bond acceptors (Lipinski definition) is 21. The molecule has 0 heterocycles. The Balaban J connectivity index is 5.52. The van der Waals surface area contributed by atoms with E-state index in [0.29, 0.717) is 131 Å². The van der Waals surface area contributed by atoms with E-state index in [1.807, 2.05) is 0 Å². The van der Waals surface area contributed by atoms with Crippen LogP contribution in [0.3, 0.4) is 0 Å². The third-order valence-corrected chi connectivity index (χ3v) is 13.5. The van der Waals surface area contributed by atoms with Crippen molar-refractivity contribution in [2.75, 3.05) is 199 Å². The predicted molar refractivity (Wildman–Crippen MR) is 301 cm³/mol. The van der Waals surface area contributed by atoms with Gasteiger partial charge in [0.25, 0.3) is 0 Å². The smallest absolute Gasteiger partial charge is 0.330 e. The van der Waals surface area contributed by atoms with Crippen molar-refractivity contribution >= 4 is 43.0 Å². The molecule has 0 saturated carbocycles. The Morgan fingerprint density at radius 2 is 0.768 bits per heavy atom. The van der Waals surface area contributed by atoms with Crippen molar-refractivity contribution in [3.63, 3.8) is 0 Å². The second-order valence-electron chi connectivity index (χ2n) is 18.9. The van der Waals surface area contributed by atoms with Gasteiger partial charge in [-0.15, -0.1) is 0 Å². The van der Waals surface area contributed by atoms with E-state index in [4.69, 9.17) is 61.4 Å². The van der Waals surface area contributed by atoms with Crippen LogP contribution in [0.2, 0.25) is 0 Å². The molecular weight excluding hydrogens is 1100 g/mol. The van der Waals surface area contributed by atoms with E-state index in [1.54, 1.807) is 35.2 Å². The molecule has 0 rings (SSSR count). The monoisotopic (exact) mass is 1210 g/mol. The normalized spacial score (nSPS) is 13.3. The van der Waals surface area contributed by atoms with Crippen LogP contribution < -0.4 is 31.9 Å². The summed E-state index contributed by atoms with van der Waals surface area (Å²) >= 11 is 0. The minimum Gasteiger partial charge on any atom is -0.396 e. The zero-order valence-electron chi connectivity index (χ0n) is 49.7. The van der Waals surface area contributed by atoms with Gasteiger partial charge < -0.3 is 103 Å². The molecule has 0 aliphatic carbocycles. The highest BCUT2D eigenvalue weighted by Gasteiger charge is 2.28. The summed E-state index contributed by atoms with van der Waals surface area (Å²) < 4.78 is 80.7. The summed E-state index contributed by atoms with van der Waals surface area (Å²) in [6.45, 7) is 9.59. The fraction of sp³-hybridized carbons (Fsp3) is 0.887. The first kappa shape index (κ1) is 78.5. The van der Waals surface area contributed by atoms with Crippen LogP contribution in [0.4, 0.5) is 0 Å². The number of hydrogen-bond donors (Lipinski definition) is 8. The number of ether oxygens (including phenoxy) is 12. The topological polar surface area (TPSA) is 352 Å². The number of aliphatic hydroxyl groups excluding tert-OH is 1. The van der Waals surface area contributed by atoms with Gasteiger partial charge in [-0.25, -0.2) is 0 Å². The largest absolute Gasteiger partial charge is 0.396 e. The Hall–Kier alpha value is -3.55. The molecule has 0 aliphatic rings. The molecule has 4 atom stereocenters. The average Bonchev–Trinajstić information content (AvgIpc) is 3.46. The minimum atomic E-state index is -3.75. The van der Waals surface area contributed by atoms with Crippen LogP contribution in [0, 0.1) is 5.92 Å². The van der Waals surface area contributed by atoms with E-state index in [2.05, 4.69) is 31.9 Å². The summed E-state index contributed by atoms with van der Waals surface area (Å²) in [5.41, 5.74) is -0.557. The second-order valence-corrected chi connectivity index (χ2v) is 21.3. The molecule has 0 fully saturated rings. The molecule has 8 N–H and O–H groups in total. The Morgan fingerprint density at radius 3 is 1.17 bits per heavy atom. The van der Waals surface area contributed by atoms with E-state index in [0.717, 1.165) is 0 Å². The zero-order valence-corrected chi connectivity index (χ0v) is 50.6. The number of unbranched alkanes of at least 4 members (excludes halogenated alkanes) is 3. The summed E-state index contributed by atoms with van der Waals surface area (Å²) in [6, 6.07) is -2.15. The molecule has 0 aromatic carbocycles. The van der Waals surface area contributed by atoms with E-state index >= 15 is 0 Å². The Labute approximate surface area is 486 Å². The van der Waals surface area contributed by atoms with E-state index in [9.17, 15) is 43.3 Å². The molecule has 0 radical (unpaired) electrons. The molecular formula is C53H103N6O22P. The highest BCUT2D eigenvalue weighted by Crippen LogP contribution is 2.47. The minimum absolute atomic E-state index is 0.0474. The number of methoxy groups -OCH3 is 3. The van der Waals surface area contributed by atoms with Crippen LogP contribution in [0.5, 0.6) is 0 Å². The first-order valence-corrected chi connectivity index (χ1v) is 30.3. The number of nitrogens with one attached hydrogen (secondary N) is 6. The Kier molecular flexibility index (Phi) is 54.1. The molecule has 0 aromatic rings. The maximum Gasteiger partial charge on any atom is 0.330 e. The van der Waals surface area contributed by atoms with Crippen molar-refractivity contribution in [3.05, 3.63) is 0 Å². The Bertz CT molecular complexity index is 1650. The highest BCUT2D eigenvalue weighted by molar-refractivity contribution is 7.53. The van der Waals surface area contributed by atoms with Crippen LogP contribution in [0.1, 0.15) is 84.5 Å². The van der Waals surface area contributed by atoms with Gasteiger partial charge >= 0.3 is 7.60 Å². The van der Waals surface area contributed by atoms with Gasteiger partial charge in [-0.05, 0) is 57.8 Å². The zero-order chi connectivity index (χ0) is 60.6. The van der Waals surface area contributed by atoms with E-state index in [1.165, 1.54) is 0 Å². The predicted octanol–water partition coefficient (Wildman–Crippen LogP) is 0.0194. The SMILES string of the molecule is COCCOCCOCCOCC(=O)NCCCCC(NC(=O)COCCOCCOCCOC)C(=O)NC(CCCCNC(=O)COCCOCCOCCOC)C(=O)NCCCC(=O)NCCCCC(CO)COP(=O)(O)C(C)C. The van der Waals surface area contributed by atoms with Crippen LogP contribution in [0.15, 0.2) is 0 Å². The van der Waals surface area contributed by atoms with Crippen molar-refractivity contribution in [2.24, 2.45) is 5.92 Å². The number of rotatable bonds is 61. The molecule has 482 valence electrons. The van der Waals surface area contributed by atoms with Gasteiger partial charge in [0.05, 0.1) is 131 Å². The van der Waals surface area contributed by atoms with Gasteiger partial charge in [0.15, 0.2) is 0 Å². The number of amides is 6. The summed E-state index contributed by atoms with van der Waals surface area (Å²) in [4.78, 5) is 88.4. The van der Waals surface area contributed by atoms with Crippen LogP contribution in [-0.2, 0) is 94.7 Å². The van der Waals surface area contributed by atoms with Gasteiger partial charge in [0.1, 0.15) is 31.9 Å². The number of aliphatic hydroxyl groups is 1. The molecule has 28 nitrogen and oxygen atoms in total. The second kappa shape index (κ2) is 56.6. The average molecular weight is 1210 g/mol. The lowest BCUT2D eigenvalue weighted by Crippen LogP contribution is -2.54. The fourth-order valence-corrected chi connectivity index (χ4v) is 7.56. The van der Waals surface area contributed by atoms with Crippen molar-refractivity contribution in [1.82, 2.24) is 31.9 Å². The lowest BCUT2D eigenvalue weighted by molar-refractivity contribution is -0.134. The van der Waals surface area contributed by atoms with E-state index < -0.39 is 43.1 Å². The molecule has 0 aromatic heterocycles. The molecule has 0 aliphatic heterocycles. The summed E-state index contributed by atoms with van der Waals surface area (Å²) in [5.74, 6) is -2.93. The van der Waals surface area contributed by atoms with Crippen LogP contribution in [0.25, 0.3) is 0 Å². The first-order chi connectivity index (χ1) is 39.7. The number of carbonyl (C=O) groups excluding carboxylic acids is 6. The summed E-state index contributed by atoms with van der Waals surface area (Å²) in [5, 5.41) is 26.4. The molecule has 0 spiro atoms. The van der Waals surface area contributed by atoms with Gasteiger partial charge in [0, 0.05) is 66.5 Å². The van der Waals surface area contributed by atoms with Crippen molar-refractivity contribution in [2.45, 2.75) is 102 Å². The van der Waals surface area contributed by atoms with Crippen molar-refractivity contribution < 1.29 is 105 Å². The maximum absolute atomic E-state index is 14.0. The van der Waals surface area contributed by atoms with Gasteiger partial charge in [-0.2, -0.15) is 0 Å².